The number of aliphatic hydroxyl groups is 3. The van der Waals surface area contributed by atoms with Crippen molar-refractivity contribution in [1.82, 2.24) is 4.90 Å². The second kappa shape index (κ2) is 6.65. The summed E-state index contributed by atoms with van der Waals surface area (Å²) in [6.07, 6.45) is -2.16. The van der Waals surface area contributed by atoms with E-state index in [9.17, 15) is 15.3 Å². The van der Waals surface area contributed by atoms with E-state index in [4.69, 9.17) is 5.73 Å². The van der Waals surface area contributed by atoms with Gasteiger partial charge in [-0.15, -0.1) is 12.4 Å². The van der Waals surface area contributed by atoms with Crippen molar-refractivity contribution in [2.24, 2.45) is 5.73 Å². The Kier molecular flexibility index (Phi) is 5.73. The molecule has 1 fully saturated rings. The minimum Gasteiger partial charge on any atom is -0.389 e. The molecule has 0 radical (unpaired) electrons. The molecule has 1 saturated heterocycles. The molecule has 0 spiro atoms. The normalized spacial score (nSPS) is 31.8. The van der Waals surface area contributed by atoms with Crippen LogP contribution in [0.4, 0.5) is 0 Å². The molecule has 0 saturated carbocycles. The maximum Gasteiger partial charge on any atom is 0.118 e. The van der Waals surface area contributed by atoms with E-state index in [0.29, 0.717) is 13.1 Å². The monoisotopic (exact) mass is 288 g/mol. The van der Waals surface area contributed by atoms with E-state index in [-0.39, 0.29) is 25.5 Å². The van der Waals surface area contributed by atoms with Crippen LogP contribution in [0.25, 0.3) is 0 Å². The van der Waals surface area contributed by atoms with Gasteiger partial charge in [0.05, 0.1) is 6.10 Å². The van der Waals surface area contributed by atoms with Gasteiger partial charge in [0.2, 0.25) is 0 Å². The lowest BCUT2D eigenvalue weighted by Crippen LogP contribution is -2.66. The SMILES string of the molecule is Cl.NC[C@@]1(O)CN(Cc2ccccc2)C[C@H](O)[C@H]1O. The first-order valence-corrected chi connectivity index (χ1v) is 6.10. The maximum absolute atomic E-state index is 10.2. The molecule has 1 aromatic carbocycles. The first kappa shape index (κ1) is 16.4. The van der Waals surface area contributed by atoms with Crippen LogP contribution >= 0.6 is 12.4 Å². The lowest BCUT2D eigenvalue weighted by Gasteiger charge is -2.44. The van der Waals surface area contributed by atoms with Crippen molar-refractivity contribution >= 4 is 12.4 Å². The van der Waals surface area contributed by atoms with Crippen LogP contribution in [0.3, 0.4) is 0 Å². The van der Waals surface area contributed by atoms with Crippen LogP contribution in [0.5, 0.6) is 0 Å². The van der Waals surface area contributed by atoms with Crippen molar-refractivity contribution in [3.05, 3.63) is 35.9 Å². The lowest BCUT2D eigenvalue weighted by atomic mass is 9.87. The van der Waals surface area contributed by atoms with E-state index < -0.39 is 17.8 Å². The van der Waals surface area contributed by atoms with Gasteiger partial charge in [0.25, 0.3) is 0 Å². The number of benzene rings is 1. The van der Waals surface area contributed by atoms with E-state index in [1.165, 1.54) is 0 Å². The van der Waals surface area contributed by atoms with E-state index in [1.807, 2.05) is 35.2 Å². The van der Waals surface area contributed by atoms with Crippen molar-refractivity contribution in [3.8, 4) is 0 Å². The second-order valence-corrected chi connectivity index (χ2v) is 4.98. The molecule has 19 heavy (non-hydrogen) atoms. The summed E-state index contributed by atoms with van der Waals surface area (Å²) in [4.78, 5) is 1.90. The number of hydrogen-bond donors (Lipinski definition) is 4. The van der Waals surface area contributed by atoms with Crippen molar-refractivity contribution in [2.45, 2.75) is 24.4 Å². The summed E-state index contributed by atoms with van der Waals surface area (Å²) in [5, 5.41) is 29.8. The molecular formula is C13H21ClN2O3. The van der Waals surface area contributed by atoms with Crippen LogP contribution in [-0.2, 0) is 6.54 Å². The van der Waals surface area contributed by atoms with Crippen molar-refractivity contribution < 1.29 is 15.3 Å². The maximum atomic E-state index is 10.2. The first-order valence-electron chi connectivity index (χ1n) is 6.10. The number of piperidine rings is 1. The van der Waals surface area contributed by atoms with Gasteiger partial charge in [-0.05, 0) is 5.56 Å². The minimum atomic E-state index is -1.44. The van der Waals surface area contributed by atoms with Crippen LogP contribution < -0.4 is 5.73 Å². The fourth-order valence-corrected chi connectivity index (χ4v) is 2.42. The van der Waals surface area contributed by atoms with Gasteiger partial charge < -0.3 is 21.1 Å². The Hall–Kier alpha value is -0.690. The largest absolute Gasteiger partial charge is 0.389 e. The van der Waals surface area contributed by atoms with Crippen LogP contribution in [0.1, 0.15) is 5.56 Å². The summed E-state index contributed by atoms with van der Waals surface area (Å²) >= 11 is 0. The molecule has 1 heterocycles. The van der Waals surface area contributed by atoms with Crippen molar-refractivity contribution in [1.29, 1.82) is 0 Å². The number of nitrogens with two attached hydrogens (primary N) is 1. The van der Waals surface area contributed by atoms with Crippen LogP contribution in [0.2, 0.25) is 0 Å². The Morgan fingerprint density at radius 1 is 1.26 bits per heavy atom. The summed E-state index contributed by atoms with van der Waals surface area (Å²) in [7, 11) is 0. The molecule has 0 amide bonds. The summed E-state index contributed by atoms with van der Waals surface area (Å²) in [5.41, 5.74) is 5.16. The van der Waals surface area contributed by atoms with Gasteiger partial charge in [0.15, 0.2) is 0 Å². The zero-order valence-corrected chi connectivity index (χ0v) is 11.5. The zero-order valence-electron chi connectivity index (χ0n) is 10.6. The van der Waals surface area contributed by atoms with Crippen molar-refractivity contribution in [2.75, 3.05) is 19.6 Å². The number of halogens is 1. The zero-order chi connectivity index (χ0) is 13.2. The van der Waals surface area contributed by atoms with Crippen LogP contribution in [0.15, 0.2) is 30.3 Å². The molecule has 108 valence electrons. The highest BCUT2D eigenvalue weighted by molar-refractivity contribution is 5.85. The van der Waals surface area contributed by atoms with E-state index in [1.54, 1.807) is 0 Å². The Balaban J connectivity index is 0.00000180. The molecule has 1 aliphatic heterocycles. The number of nitrogens with zero attached hydrogens (tertiary/aromatic N) is 1. The summed E-state index contributed by atoms with van der Waals surface area (Å²) in [6, 6.07) is 9.80. The molecular weight excluding hydrogens is 268 g/mol. The highest BCUT2D eigenvalue weighted by atomic mass is 35.5. The predicted molar refractivity (Wildman–Crippen MR) is 75.0 cm³/mol. The fraction of sp³-hybridized carbons (Fsp3) is 0.538. The summed E-state index contributed by atoms with van der Waals surface area (Å²) in [6.45, 7) is 1.14. The minimum absolute atomic E-state index is 0. The highest BCUT2D eigenvalue weighted by Crippen LogP contribution is 2.22. The van der Waals surface area contributed by atoms with Gasteiger partial charge in [-0.3, -0.25) is 4.90 Å². The van der Waals surface area contributed by atoms with E-state index in [0.717, 1.165) is 5.56 Å². The molecule has 6 heteroatoms. The number of likely N-dealkylation sites (tertiary alicyclic amines) is 1. The topological polar surface area (TPSA) is 90.0 Å². The van der Waals surface area contributed by atoms with E-state index in [2.05, 4.69) is 0 Å². The Morgan fingerprint density at radius 3 is 2.47 bits per heavy atom. The molecule has 0 bridgehead atoms. The molecule has 2 rings (SSSR count). The molecule has 1 aliphatic rings. The molecule has 0 unspecified atom stereocenters. The van der Waals surface area contributed by atoms with Gasteiger partial charge in [0.1, 0.15) is 11.7 Å². The molecule has 3 atom stereocenters. The van der Waals surface area contributed by atoms with Crippen LogP contribution in [0, 0.1) is 0 Å². The standard InChI is InChI=1S/C13H20N2O3.ClH/c14-8-13(18)9-15(7-11(16)12(13)17)6-10-4-2-1-3-5-10;/h1-5,11-12,16-18H,6-9,14H2;1H/t11-,12+,13+;/m0./s1. The van der Waals surface area contributed by atoms with Gasteiger partial charge in [0, 0.05) is 26.2 Å². The fourth-order valence-electron chi connectivity index (χ4n) is 2.42. The van der Waals surface area contributed by atoms with E-state index >= 15 is 0 Å². The molecule has 5 N–H and O–H groups in total. The number of aliphatic hydroxyl groups excluding tert-OH is 2. The number of β-amino-alcohol motifs (C(OH)–C–C–N with tert-alkyl or cyclic N) is 2. The third-order valence-corrected chi connectivity index (χ3v) is 3.46. The molecule has 5 nitrogen and oxygen atoms in total. The molecule has 0 aliphatic carbocycles. The first-order chi connectivity index (χ1) is 8.55. The smallest absolute Gasteiger partial charge is 0.118 e. The number of hydrogen-bond acceptors (Lipinski definition) is 5. The Bertz CT molecular complexity index is 393. The molecule has 0 aromatic heterocycles. The highest BCUT2D eigenvalue weighted by Gasteiger charge is 2.44. The number of rotatable bonds is 3. The van der Waals surface area contributed by atoms with Crippen molar-refractivity contribution in [3.63, 3.8) is 0 Å². The average Bonchev–Trinajstić information content (AvgIpc) is 2.37. The van der Waals surface area contributed by atoms with Gasteiger partial charge >= 0.3 is 0 Å². The quantitative estimate of drug-likeness (QED) is 0.593. The molecule has 1 aromatic rings. The second-order valence-electron chi connectivity index (χ2n) is 4.98. The summed E-state index contributed by atoms with van der Waals surface area (Å²) < 4.78 is 0. The average molecular weight is 289 g/mol. The van der Waals surface area contributed by atoms with Gasteiger partial charge in [-0.1, -0.05) is 30.3 Å². The van der Waals surface area contributed by atoms with Crippen LogP contribution in [-0.4, -0.2) is 57.7 Å². The third kappa shape index (κ3) is 3.66. The van der Waals surface area contributed by atoms with Gasteiger partial charge in [-0.2, -0.15) is 0 Å². The predicted octanol–water partition coefficient (Wildman–Crippen LogP) is -0.664. The Labute approximate surface area is 119 Å². The lowest BCUT2D eigenvalue weighted by molar-refractivity contribution is -0.167. The third-order valence-electron chi connectivity index (χ3n) is 3.46. The summed E-state index contributed by atoms with van der Waals surface area (Å²) in [5.74, 6) is 0. The Morgan fingerprint density at radius 2 is 1.89 bits per heavy atom. The van der Waals surface area contributed by atoms with Gasteiger partial charge in [-0.25, -0.2) is 0 Å².